The van der Waals surface area contributed by atoms with Gasteiger partial charge in [-0.1, -0.05) is 55.8 Å². The molecule has 96 valence electrons. The van der Waals surface area contributed by atoms with E-state index in [0.717, 1.165) is 0 Å². The number of benzene rings is 2. The van der Waals surface area contributed by atoms with Gasteiger partial charge in [-0.3, -0.25) is 0 Å². The van der Waals surface area contributed by atoms with Crippen molar-refractivity contribution in [1.82, 2.24) is 0 Å². The highest BCUT2D eigenvalue weighted by molar-refractivity contribution is 7.22. The maximum Gasteiger partial charge on any atom is 0.0355 e. The van der Waals surface area contributed by atoms with E-state index < -0.39 is 0 Å². The van der Waals surface area contributed by atoms with Gasteiger partial charge < -0.3 is 0 Å². The highest BCUT2D eigenvalue weighted by atomic mass is 32.1. The average Bonchev–Trinajstić information content (AvgIpc) is 2.89. The van der Waals surface area contributed by atoms with Crippen LogP contribution in [0.2, 0.25) is 0 Å². The van der Waals surface area contributed by atoms with Gasteiger partial charge in [-0.15, -0.1) is 11.3 Å². The summed E-state index contributed by atoms with van der Waals surface area (Å²) in [7, 11) is 0. The molecule has 0 aliphatic carbocycles. The fraction of sp³-hybridized carbons (Fsp3) is 0.222. The minimum Gasteiger partial charge on any atom is -0.135 e. The van der Waals surface area contributed by atoms with Crippen LogP contribution in [-0.2, 0) is 6.42 Å². The highest BCUT2D eigenvalue weighted by Crippen LogP contribution is 2.33. The fourth-order valence-electron chi connectivity index (χ4n) is 2.39. The molecule has 0 bridgehead atoms. The first-order valence-electron chi connectivity index (χ1n) is 6.94. The van der Waals surface area contributed by atoms with Crippen molar-refractivity contribution < 1.29 is 0 Å². The Morgan fingerprint density at radius 1 is 0.947 bits per heavy atom. The average molecular weight is 266 g/mol. The van der Waals surface area contributed by atoms with Crippen LogP contribution in [0.15, 0.2) is 54.6 Å². The predicted molar refractivity (Wildman–Crippen MR) is 85.9 cm³/mol. The zero-order valence-corrected chi connectivity index (χ0v) is 12.0. The predicted octanol–water partition coefficient (Wildman–Crippen LogP) is 5.91. The maximum absolute atomic E-state index is 2.35. The first-order chi connectivity index (χ1) is 9.36. The van der Waals surface area contributed by atoms with E-state index in [0.29, 0.717) is 0 Å². The number of unbranched alkanes of at least 4 members (excludes halogenated alkanes) is 1. The molecule has 0 spiro atoms. The largest absolute Gasteiger partial charge is 0.135 e. The summed E-state index contributed by atoms with van der Waals surface area (Å²) in [4.78, 5) is 1.37. The normalized spacial score (nSPS) is 11.0. The van der Waals surface area contributed by atoms with E-state index in [1.807, 2.05) is 11.3 Å². The number of thiophene rings is 1. The molecule has 0 atom stereocenters. The molecule has 1 heterocycles. The molecular weight excluding hydrogens is 248 g/mol. The van der Waals surface area contributed by atoms with E-state index >= 15 is 0 Å². The molecule has 3 rings (SSSR count). The van der Waals surface area contributed by atoms with Gasteiger partial charge in [0.2, 0.25) is 0 Å². The zero-order chi connectivity index (χ0) is 13.1. The molecule has 0 aliphatic rings. The van der Waals surface area contributed by atoms with E-state index in [-0.39, 0.29) is 0 Å². The molecule has 19 heavy (non-hydrogen) atoms. The monoisotopic (exact) mass is 266 g/mol. The van der Waals surface area contributed by atoms with Gasteiger partial charge in [0, 0.05) is 9.58 Å². The van der Waals surface area contributed by atoms with Gasteiger partial charge in [-0.05, 0) is 41.5 Å². The molecule has 3 aromatic rings. The van der Waals surface area contributed by atoms with Gasteiger partial charge in [-0.2, -0.15) is 0 Å². The van der Waals surface area contributed by atoms with Crippen molar-refractivity contribution >= 4 is 21.4 Å². The van der Waals surface area contributed by atoms with Gasteiger partial charge in [0.25, 0.3) is 0 Å². The summed E-state index contributed by atoms with van der Waals surface area (Å²) in [5.74, 6) is 0. The van der Waals surface area contributed by atoms with Gasteiger partial charge in [0.15, 0.2) is 0 Å². The quantitative estimate of drug-likeness (QED) is 0.550. The summed E-state index contributed by atoms with van der Waals surface area (Å²) in [6.45, 7) is 2.25. The summed E-state index contributed by atoms with van der Waals surface area (Å²) < 4.78 is 1.37. The molecule has 0 N–H and O–H groups in total. The Hall–Kier alpha value is -1.60. The molecule has 1 heteroatoms. The second-order valence-corrected chi connectivity index (χ2v) is 6.04. The first-order valence-corrected chi connectivity index (χ1v) is 7.76. The minimum atomic E-state index is 1.19. The van der Waals surface area contributed by atoms with E-state index in [9.17, 15) is 0 Å². The number of fused-ring (bicyclic) bond motifs is 1. The third-order valence-electron chi connectivity index (χ3n) is 3.46. The van der Waals surface area contributed by atoms with Crippen LogP contribution < -0.4 is 0 Å². The van der Waals surface area contributed by atoms with Crippen LogP contribution in [0.4, 0.5) is 0 Å². The fourth-order valence-corrected chi connectivity index (χ4v) is 3.44. The van der Waals surface area contributed by atoms with Crippen molar-refractivity contribution in [1.29, 1.82) is 0 Å². The Morgan fingerprint density at radius 3 is 2.68 bits per heavy atom. The lowest BCUT2D eigenvalue weighted by atomic mass is 10.0. The van der Waals surface area contributed by atoms with E-state index in [4.69, 9.17) is 0 Å². The van der Waals surface area contributed by atoms with Crippen molar-refractivity contribution in [3.63, 3.8) is 0 Å². The Balaban J connectivity index is 1.96. The molecule has 1 aromatic heterocycles. The highest BCUT2D eigenvalue weighted by Gasteiger charge is 2.04. The number of rotatable bonds is 4. The Bertz CT molecular complexity index is 646. The summed E-state index contributed by atoms with van der Waals surface area (Å²) in [5, 5.41) is 1.35. The Kier molecular flexibility index (Phi) is 3.65. The zero-order valence-electron chi connectivity index (χ0n) is 11.2. The first kappa shape index (κ1) is 12.4. The van der Waals surface area contributed by atoms with Crippen LogP contribution in [0.25, 0.3) is 20.5 Å². The molecule has 0 saturated carbocycles. The standard InChI is InChI=1S/C18H18S/c1-2-3-7-14-8-6-10-15(12-14)18-13-16-9-4-5-11-17(16)19-18/h4-6,8-13H,2-3,7H2,1H3. The molecule has 2 aromatic carbocycles. The molecule has 0 fully saturated rings. The van der Waals surface area contributed by atoms with Crippen LogP contribution in [0.3, 0.4) is 0 Å². The van der Waals surface area contributed by atoms with Crippen LogP contribution >= 0.6 is 11.3 Å². The van der Waals surface area contributed by atoms with Crippen molar-refractivity contribution in [3.8, 4) is 10.4 Å². The lowest BCUT2D eigenvalue weighted by molar-refractivity contribution is 0.795. The van der Waals surface area contributed by atoms with E-state index in [1.54, 1.807) is 0 Å². The van der Waals surface area contributed by atoms with Crippen molar-refractivity contribution in [2.45, 2.75) is 26.2 Å². The van der Waals surface area contributed by atoms with Gasteiger partial charge in [0.1, 0.15) is 0 Å². The maximum atomic E-state index is 2.35. The van der Waals surface area contributed by atoms with Crippen LogP contribution in [0.5, 0.6) is 0 Å². The summed E-state index contributed by atoms with van der Waals surface area (Å²) >= 11 is 1.88. The van der Waals surface area contributed by atoms with Crippen molar-refractivity contribution in [2.75, 3.05) is 0 Å². The van der Waals surface area contributed by atoms with Gasteiger partial charge >= 0.3 is 0 Å². The molecule has 0 amide bonds. The molecule has 0 aliphatic heterocycles. The lowest BCUT2D eigenvalue weighted by Gasteiger charge is -2.02. The molecule has 0 unspecified atom stereocenters. The molecular formula is C18H18S. The summed E-state index contributed by atoms with van der Waals surface area (Å²) in [6, 6.07) is 19.9. The Labute approximate surface area is 118 Å². The third-order valence-corrected chi connectivity index (χ3v) is 4.62. The number of aryl methyl sites for hydroxylation is 1. The summed E-state index contributed by atoms with van der Waals surface area (Å²) in [6.07, 6.45) is 3.72. The minimum absolute atomic E-state index is 1.19. The van der Waals surface area contributed by atoms with Crippen molar-refractivity contribution in [2.24, 2.45) is 0 Å². The van der Waals surface area contributed by atoms with Crippen LogP contribution in [-0.4, -0.2) is 0 Å². The van der Waals surface area contributed by atoms with Gasteiger partial charge in [-0.25, -0.2) is 0 Å². The van der Waals surface area contributed by atoms with E-state index in [1.165, 1.54) is 45.4 Å². The number of hydrogen-bond acceptors (Lipinski definition) is 1. The third kappa shape index (κ3) is 2.71. The Morgan fingerprint density at radius 2 is 1.84 bits per heavy atom. The van der Waals surface area contributed by atoms with E-state index in [2.05, 4.69) is 61.5 Å². The lowest BCUT2D eigenvalue weighted by Crippen LogP contribution is -1.84. The SMILES string of the molecule is CCCCc1cccc(-c2cc3ccccc3s2)c1. The molecule has 0 nitrogen and oxygen atoms in total. The van der Waals surface area contributed by atoms with Gasteiger partial charge in [0.05, 0.1) is 0 Å². The molecule has 0 saturated heterocycles. The topological polar surface area (TPSA) is 0 Å². The van der Waals surface area contributed by atoms with Crippen LogP contribution in [0, 0.1) is 0 Å². The van der Waals surface area contributed by atoms with Crippen molar-refractivity contribution in [3.05, 3.63) is 60.2 Å². The van der Waals surface area contributed by atoms with Crippen LogP contribution in [0.1, 0.15) is 25.3 Å². The second-order valence-electron chi connectivity index (χ2n) is 4.95. The molecule has 0 radical (unpaired) electrons. The smallest absolute Gasteiger partial charge is 0.0355 e. The second kappa shape index (κ2) is 5.58. The number of hydrogen-bond donors (Lipinski definition) is 0. The summed E-state index contributed by atoms with van der Waals surface area (Å²) in [5.41, 5.74) is 2.81.